The minimum atomic E-state index is -4.60. The van der Waals surface area contributed by atoms with Crippen molar-refractivity contribution >= 4 is 16.1 Å². The molecule has 1 saturated carbocycles. The van der Waals surface area contributed by atoms with Crippen LogP contribution in [0.1, 0.15) is 34.3 Å². The van der Waals surface area contributed by atoms with E-state index in [2.05, 4.69) is 10.1 Å². The molecule has 0 radical (unpaired) electrons. The molecule has 1 saturated heterocycles. The number of nitrogen functional groups attached to an aromatic ring is 1. The molecule has 1 amide bonds. The number of amides is 1. The monoisotopic (exact) mass is 418 g/mol. The maximum atomic E-state index is 12.9. The molecule has 1 spiro atoms. The smallest absolute Gasteiger partial charge is 0.290 e. The zero-order chi connectivity index (χ0) is 20.3. The van der Waals surface area contributed by atoms with Gasteiger partial charge < -0.3 is 0 Å². The summed E-state index contributed by atoms with van der Waals surface area (Å²) in [6.07, 6.45) is -2.08. The van der Waals surface area contributed by atoms with Crippen LogP contribution in [0.3, 0.4) is 0 Å². The lowest BCUT2D eigenvalue weighted by molar-refractivity contribution is -0.136. The highest BCUT2D eigenvalue weighted by Crippen LogP contribution is 2.50. The molecule has 11 heteroatoms. The number of carbonyl (C=O) groups is 1. The summed E-state index contributed by atoms with van der Waals surface area (Å²) in [5, 5.41) is 0. The van der Waals surface area contributed by atoms with Gasteiger partial charge in [-0.2, -0.15) is 30.6 Å². The number of hydrogen-bond donors (Lipinski definition) is 3. The van der Waals surface area contributed by atoms with Gasteiger partial charge in [0, 0.05) is 12.1 Å². The second kappa shape index (κ2) is 6.41. The van der Waals surface area contributed by atoms with E-state index in [0.29, 0.717) is 22.7 Å². The Labute approximate surface area is 160 Å². The molecule has 2 aliphatic carbocycles. The number of benzene rings is 1. The van der Waals surface area contributed by atoms with Crippen LogP contribution in [-0.2, 0) is 23.1 Å². The third-order valence-corrected chi connectivity index (χ3v) is 7.88. The van der Waals surface area contributed by atoms with Crippen LogP contribution in [0, 0.1) is 11.8 Å². The number of nitrogens with two attached hydrogens (primary N) is 1. The Bertz CT molecular complexity index is 921. The summed E-state index contributed by atoms with van der Waals surface area (Å²) in [6, 6.07) is 5.22. The lowest BCUT2D eigenvalue weighted by Gasteiger charge is -2.33. The number of alkyl halides is 3. The lowest BCUT2D eigenvalue weighted by Crippen LogP contribution is -2.52. The largest absolute Gasteiger partial charge is 0.402 e. The highest BCUT2D eigenvalue weighted by atomic mass is 32.2. The molecule has 1 heterocycles. The first-order valence-electron chi connectivity index (χ1n) is 9.02. The fourth-order valence-electron chi connectivity index (χ4n) is 5.07. The molecule has 4 N–H and O–H groups in total. The maximum absolute atomic E-state index is 12.9. The first kappa shape index (κ1) is 19.6. The van der Waals surface area contributed by atoms with Gasteiger partial charge in [-0.1, -0.05) is 6.07 Å². The molecule has 1 aromatic rings. The summed E-state index contributed by atoms with van der Waals surface area (Å²) in [4.78, 5) is 11.8. The van der Waals surface area contributed by atoms with E-state index >= 15 is 0 Å². The Morgan fingerprint density at radius 3 is 2.50 bits per heavy atom. The van der Waals surface area contributed by atoms with Gasteiger partial charge in [0.15, 0.2) is 0 Å². The van der Waals surface area contributed by atoms with Crippen molar-refractivity contribution in [3.8, 4) is 0 Å². The van der Waals surface area contributed by atoms with Gasteiger partial charge in [-0.05, 0) is 60.8 Å². The molecule has 7 nitrogen and oxygen atoms in total. The van der Waals surface area contributed by atoms with E-state index in [-0.39, 0.29) is 18.4 Å². The number of rotatable bonds is 2. The van der Waals surface area contributed by atoms with Crippen molar-refractivity contribution < 1.29 is 26.4 Å². The van der Waals surface area contributed by atoms with Crippen LogP contribution < -0.4 is 16.0 Å². The molecule has 0 unspecified atom stereocenters. The van der Waals surface area contributed by atoms with Crippen molar-refractivity contribution in [3.05, 3.63) is 34.9 Å². The van der Waals surface area contributed by atoms with Crippen LogP contribution in [0.5, 0.6) is 0 Å². The lowest BCUT2D eigenvalue weighted by atomic mass is 9.79. The number of hydrazine groups is 1. The van der Waals surface area contributed by atoms with Crippen molar-refractivity contribution in [1.82, 2.24) is 14.5 Å². The average Bonchev–Trinajstić information content (AvgIpc) is 2.97. The summed E-state index contributed by atoms with van der Waals surface area (Å²) in [7, 11) is -4.20. The van der Waals surface area contributed by atoms with Gasteiger partial charge >= 0.3 is 6.18 Å². The van der Waals surface area contributed by atoms with Gasteiger partial charge in [0.2, 0.25) is 0 Å². The summed E-state index contributed by atoms with van der Waals surface area (Å²) in [5.41, 5.74) is 3.48. The molecule has 2 fully saturated rings. The number of fused-ring (bicyclic) bond motifs is 1. The van der Waals surface area contributed by atoms with E-state index in [9.17, 15) is 26.4 Å². The maximum Gasteiger partial charge on any atom is 0.402 e. The number of carbonyl (C=O) groups excluding carboxylic acids is 1. The molecule has 0 aromatic heterocycles. The van der Waals surface area contributed by atoms with E-state index in [4.69, 9.17) is 5.84 Å². The summed E-state index contributed by atoms with van der Waals surface area (Å²) >= 11 is 0. The molecule has 3 atom stereocenters. The Morgan fingerprint density at radius 2 is 1.89 bits per heavy atom. The van der Waals surface area contributed by atoms with Crippen LogP contribution >= 0.6 is 0 Å². The second-order valence-corrected chi connectivity index (χ2v) is 9.54. The number of halogens is 3. The standard InChI is InChI=1S/C17H21F3N4O3S/c18-17(19,20)9-24-8-16(23-28(24,26)27)13-3-4-14(16)7-12-5-11(15(25)22-21)2-1-10(12)6-13/h1-2,5,13-14,23H,3-4,6-9,21H2,(H,22,25)/t13-,14+,16-/m1/s1. The fraction of sp³-hybridized carbons (Fsp3) is 0.588. The van der Waals surface area contributed by atoms with Crippen molar-refractivity contribution in [3.63, 3.8) is 0 Å². The third kappa shape index (κ3) is 3.19. The van der Waals surface area contributed by atoms with Crippen LogP contribution in [0.15, 0.2) is 18.2 Å². The summed E-state index contributed by atoms with van der Waals surface area (Å²) < 4.78 is 66.7. The van der Waals surface area contributed by atoms with E-state index in [1.54, 1.807) is 12.1 Å². The summed E-state index contributed by atoms with van der Waals surface area (Å²) in [6.45, 7) is -1.68. The van der Waals surface area contributed by atoms with Crippen molar-refractivity contribution in [2.24, 2.45) is 17.7 Å². The molecule has 1 aromatic carbocycles. The Hall–Kier alpha value is -1.69. The van der Waals surface area contributed by atoms with Gasteiger partial charge in [0.25, 0.3) is 16.1 Å². The quantitative estimate of drug-likeness (QED) is 0.377. The third-order valence-electron chi connectivity index (χ3n) is 6.31. The molecule has 1 aliphatic heterocycles. The van der Waals surface area contributed by atoms with Gasteiger partial charge in [-0.25, -0.2) is 5.84 Å². The minimum Gasteiger partial charge on any atom is -0.290 e. The highest BCUT2D eigenvalue weighted by molar-refractivity contribution is 7.87. The molecular formula is C17H21F3N4O3S. The second-order valence-electron chi connectivity index (χ2n) is 7.87. The zero-order valence-electron chi connectivity index (χ0n) is 14.9. The Kier molecular flexibility index (Phi) is 4.49. The predicted molar refractivity (Wildman–Crippen MR) is 94.1 cm³/mol. The van der Waals surface area contributed by atoms with E-state index in [1.807, 2.05) is 6.07 Å². The minimum absolute atomic E-state index is 0.0963. The molecule has 28 heavy (non-hydrogen) atoms. The van der Waals surface area contributed by atoms with Gasteiger partial charge in [0.05, 0.1) is 5.54 Å². The Balaban J connectivity index is 1.67. The van der Waals surface area contributed by atoms with Gasteiger partial charge in [-0.3, -0.25) is 10.2 Å². The fourth-order valence-corrected chi connectivity index (χ4v) is 6.78. The van der Waals surface area contributed by atoms with Crippen LogP contribution in [0.2, 0.25) is 0 Å². The SMILES string of the molecule is NNC(=O)c1ccc2c(c1)C[C@@H]1CC[C@H](C2)[C@]12CN(CC(F)(F)F)S(=O)(=O)N2. The van der Waals surface area contributed by atoms with Crippen molar-refractivity contribution in [2.75, 3.05) is 13.1 Å². The molecule has 3 aliphatic rings. The predicted octanol–water partition coefficient (Wildman–Crippen LogP) is 0.866. The number of nitrogens with one attached hydrogen (secondary N) is 2. The topological polar surface area (TPSA) is 105 Å². The van der Waals surface area contributed by atoms with Crippen LogP contribution in [0.4, 0.5) is 13.2 Å². The molecule has 154 valence electrons. The average molecular weight is 418 g/mol. The molecule has 4 rings (SSSR count). The normalized spacial score (nSPS) is 31.6. The van der Waals surface area contributed by atoms with E-state index < -0.39 is 34.4 Å². The van der Waals surface area contributed by atoms with E-state index in [1.165, 1.54) is 0 Å². The summed E-state index contributed by atoms with van der Waals surface area (Å²) in [5.74, 6) is 4.53. The number of nitrogens with zero attached hydrogens (tertiary/aromatic N) is 1. The van der Waals surface area contributed by atoms with Gasteiger partial charge in [0.1, 0.15) is 6.54 Å². The van der Waals surface area contributed by atoms with Gasteiger partial charge in [-0.15, -0.1) is 0 Å². The number of hydrogen-bond acceptors (Lipinski definition) is 4. The van der Waals surface area contributed by atoms with E-state index in [0.717, 1.165) is 24.0 Å². The van der Waals surface area contributed by atoms with Crippen molar-refractivity contribution in [1.29, 1.82) is 0 Å². The Morgan fingerprint density at radius 1 is 1.25 bits per heavy atom. The first-order valence-corrected chi connectivity index (χ1v) is 10.5. The van der Waals surface area contributed by atoms with Crippen LogP contribution in [-0.4, -0.2) is 43.4 Å². The van der Waals surface area contributed by atoms with Crippen LogP contribution in [0.25, 0.3) is 0 Å². The zero-order valence-corrected chi connectivity index (χ0v) is 15.7. The molecule has 2 bridgehead atoms. The first-order chi connectivity index (χ1) is 13.0. The van der Waals surface area contributed by atoms with Crippen molar-refractivity contribution in [2.45, 2.75) is 37.4 Å². The highest BCUT2D eigenvalue weighted by Gasteiger charge is 2.60. The molecular weight excluding hydrogens is 397 g/mol.